The van der Waals surface area contributed by atoms with E-state index in [4.69, 9.17) is 57.5 Å². The molecule has 0 aliphatic carbocycles. The minimum atomic E-state index is -0.670. The molecule has 9 aliphatic heterocycles. The van der Waals surface area contributed by atoms with Crippen molar-refractivity contribution in [3.8, 4) is 84.3 Å². The van der Waals surface area contributed by atoms with Crippen molar-refractivity contribution in [2.45, 2.75) is 109 Å². The number of carbonyl (C=O) groups excluding carboxylic acids is 2. The standard InChI is InChI=1S/C18H15N3O3.C18H18N2O3.C17H14N4O2.2C17H17NO4.C17H13NO4/c19-18(23)12-3-1-2-10-4-11(5-21-17(10)12)13-6-20-7-14-15(13)8-24-9-16(14)22;1-11(21)20-7-13-3-2-12(4-14(13)8-20)15-5-19-6-16-17(15)9-23-10-18(16)22;1-21-16-3-10(2-11(4-18)13(16)7-20-21)12-5-19-6-14-15(12)8-23-9-17(14)22;2*19-16-10-21-9-15-13(6-18-7-14(15)16)11-1-2-17-12(5-11)8-20-3-4-22-17;19-15-3-4-22-17-5-10(1-2-11(15)17)12-6-18-7-13-14(12)8-21-9-16(13)20/h1-7,16,22H,8-9H2,(H2,19,23);2-6,18,22H,7-10H2,1H3;2-3,5-7,17,22H,8-9H2,1H3;2*1-2,5-7,16,19H,3-4,8-10H2;1-7,16,20H,8-9H2. The zero-order valence-electron chi connectivity index (χ0n) is 74.1. The minimum absolute atomic E-state index is 0.0697. The molecular weight excluding hydrogens is 1740 g/mol. The van der Waals surface area contributed by atoms with Gasteiger partial charge in [-0.2, -0.15) is 10.4 Å². The molecule has 690 valence electrons. The lowest BCUT2D eigenvalue weighted by atomic mass is 9.93. The second-order valence-electron chi connectivity index (χ2n) is 33.8. The molecule has 18 heterocycles. The molecule has 6 aromatic carbocycles. The molecule has 6 atom stereocenters. The number of rotatable bonds is 7. The lowest BCUT2D eigenvalue weighted by Crippen LogP contribution is -2.21. The van der Waals surface area contributed by atoms with Crippen LogP contribution in [0.25, 0.3) is 99.5 Å². The molecule has 0 saturated carbocycles. The summed E-state index contributed by atoms with van der Waals surface area (Å²) in [5.74, 6) is 1.33. The van der Waals surface area contributed by atoms with E-state index in [2.05, 4.69) is 76.4 Å². The van der Waals surface area contributed by atoms with Crippen LogP contribution in [0.4, 0.5) is 0 Å². The minimum Gasteiger partial charge on any atom is -0.491 e. The first-order chi connectivity index (χ1) is 66.4. The summed E-state index contributed by atoms with van der Waals surface area (Å²) in [6.07, 6.45) is 21.8. The van der Waals surface area contributed by atoms with Crippen LogP contribution < -0.4 is 20.6 Å². The van der Waals surface area contributed by atoms with Crippen LogP contribution in [-0.2, 0) is 116 Å². The summed E-state index contributed by atoms with van der Waals surface area (Å²) in [6.45, 7) is 10.9. The van der Waals surface area contributed by atoms with Gasteiger partial charge < -0.3 is 93.1 Å². The fraction of sp³-hybridized carbons (Fsp3) is 0.269. The number of aliphatic hydroxyl groups excluding tert-OH is 6. The van der Waals surface area contributed by atoms with Gasteiger partial charge in [0.1, 0.15) is 66.9 Å². The summed E-state index contributed by atoms with van der Waals surface area (Å²) in [5, 5.41) is 76.2. The monoisotopic (exact) mass is 1830 g/mol. The largest absolute Gasteiger partial charge is 0.491 e. The number of nitrogens with two attached hydrogens (primary N) is 1. The zero-order chi connectivity index (χ0) is 93.6. The van der Waals surface area contributed by atoms with Gasteiger partial charge in [-0.3, -0.25) is 54.0 Å². The number of primary amides is 1. The number of nitriles is 1. The molecule has 24 rings (SSSR count). The van der Waals surface area contributed by atoms with Gasteiger partial charge in [-0.25, -0.2) is 0 Å². The number of para-hydroxylation sites is 1. The number of aromatic nitrogens is 9. The van der Waals surface area contributed by atoms with Crippen LogP contribution in [0.1, 0.15) is 148 Å². The molecule has 0 spiro atoms. The van der Waals surface area contributed by atoms with Gasteiger partial charge in [-0.05, 0) is 139 Å². The first kappa shape index (κ1) is 90.9. The summed E-state index contributed by atoms with van der Waals surface area (Å²) in [6, 6.07) is 38.5. The van der Waals surface area contributed by atoms with Crippen LogP contribution in [0.5, 0.6) is 11.5 Å². The number of ether oxygens (including phenoxy) is 10. The quantitative estimate of drug-likeness (QED) is 0.0779. The van der Waals surface area contributed by atoms with Crippen LogP contribution in [0.15, 0.2) is 217 Å². The number of nitrogens with zero attached hydrogens (tertiary/aromatic N) is 11. The van der Waals surface area contributed by atoms with Crippen LogP contribution in [0.3, 0.4) is 0 Å². The number of pyridine rings is 7. The molecule has 2 amide bonds. The van der Waals surface area contributed by atoms with Crippen molar-refractivity contribution in [1.29, 1.82) is 5.26 Å². The van der Waals surface area contributed by atoms with Gasteiger partial charge in [0.15, 0.2) is 5.43 Å². The third kappa shape index (κ3) is 19.1. The second-order valence-corrected chi connectivity index (χ2v) is 33.8. The van der Waals surface area contributed by atoms with Gasteiger partial charge in [-0.15, -0.1) is 0 Å². The number of amides is 2. The van der Waals surface area contributed by atoms with E-state index in [9.17, 15) is 50.3 Å². The van der Waals surface area contributed by atoms with Crippen molar-refractivity contribution in [3.05, 3.63) is 319 Å². The van der Waals surface area contributed by atoms with Crippen LogP contribution in [0, 0.1) is 11.3 Å². The summed E-state index contributed by atoms with van der Waals surface area (Å²) in [4.78, 5) is 66.7. The Bertz CT molecular complexity index is 7070. The van der Waals surface area contributed by atoms with Gasteiger partial charge in [-0.1, -0.05) is 42.5 Å². The molecule has 32 nitrogen and oxygen atoms in total. The maximum atomic E-state index is 11.8. The first-order valence-electron chi connectivity index (χ1n) is 44.3. The van der Waals surface area contributed by atoms with E-state index in [1.165, 1.54) is 23.5 Å². The van der Waals surface area contributed by atoms with E-state index in [0.29, 0.717) is 140 Å². The van der Waals surface area contributed by atoms with E-state index in [0.717, 1.165) is 172 Å². The Labute approximate surface area is 778 Å². The van der Waals surface area contributed by atoms with Crippen molar-refractivity contribution in [2.75, 3.05) is 66.1 Å². The Morgan fingerprint density at radius 2 is 0.824 bits per heavy atom. The van der Waals surface area contributed by atoms with Gasteiger partial charge >= 0.3 is 0 Å². The number of benzene rings is 6. The molecule has 0 bridgehead atoms. The average molecular weight is 1830 g/mol. The Kier molecular flexibility index (Phi) is 27.1. The highest BCUT2D eigenvalue weighted by Gasteiger charge is 2.32. The third-order valence-corrected chi connectivity index (χ3v) is 25.3. The highest BCUT2D eigenvalue weighted by Crippen LogP contribution is 2.43. The molecule has 9 aromatic heterocycles. The van der Waals surface area contributed by atoms with E-state index in [1.54, 1.807) is 98.0 Å². The smallest absolute Gasteiger partial charge is 0.250 e. The predicted octanol–water partition coefficient (Wildman–Crippen LogP) is 13.1. The SMILES string of the molecule is CC(=O)N1Cc2ccc(-c3cncc4c3COCC4O)cc2C1.Cn1ncc2c(C#N)cc(-c3cncc4c3COCC4O)cc21.NC(=O)c1cccc2cc(-c3cncc4c3COCC4O)cnc12.O=c1ccoc2cc(-c3cncc4c3COCC4O)ccc12.OC1COCc2c(-c3ccc4c(c3)COCCO4)cncc21.OC1COCc2c(-c3ccc4c(c3)COCCO4)cncc21. The summed E-state index contributed by atoms with van der Waals surface area (Å²) in [5.41, 5.74) is 34.7. The van der Waals surface area contributed by atoms with Crippen molar-refractivity contribution < 1.29 is 92.0 Å². The lowest BCUT2D eigenvalue weighted by Gasteiger charge is -2.23. The lowest BCUT2D eigenvalue weighted by molar-refractivity contribution is -0.129. The Morgan fingerprint density at radius 1 is 0.412 bits per heavy atom. The fourth-order valence-electron chi connectivity index (χ4n) is 18.2. The van der Waals surface area contributed by atoms with Crippen LogP contribution in [0.2, 0.25) is 0 Å². The van der Waals surface area contributed by atoms with Gasteiger partial charge in [0.25, 0.3) is 5.91 Å². The number of hydrogen-bond donors (Lipinski definition) is 7. The number of carbonyl (C=O) groups is 2. The molecule has 15 aromatic rings. The summed E-state index contributed by atoms with van der Waals surface area (Å²) >= 11 is 0. The van der Waals surface area contributed by atoms with Crippen molar-refractivity contribution in [3.63, 3.8) is 0 Å². The molecular formula is C104H94N12O20. The molecule has 32 heteroatoms. The first-order valence-corrected chi connectivity index (χ1v) is 44.3. The fourth-order valence-corrected chi connectivity index (χ4v) is 18.2. The summed E-state index contributed by atoms with van der Waals surface area (Å²) < 4.78 is 62.3. The second kappa shape index (κ2) is 40.5. The number of aliphatic hydroxyl groups is 6. The highest BCUT2D eigenvalue weighted by molar-refractivity contribution is 6.05. The Hall–Kier alpha value is -14.2. The number of fused-ring (bicyclic) bond motifs is 12. The maximum Gasteiger partial charge on any atom is 0.250 e. The average Bonchev–Trinajstić information content (AvgIpc) is 1.51. The molecule has 0 radical (unpaired) electrons. The van der Waals surface area contributed by atoms with Crippen LogP contribution >= 0.6 is 0 Å². The highest BCUT2D eigenvalue weighted by atomic mass is 16.5. The van der Waals surface area contributed by atoms with E-state index >= 15 is 0 Å². The normalized spacial score (nSPS) is 18.6. The summed E-state index contributed by atoms with van der Waals surface area (Å²) in [7, 11) is 1.85. The van der Waals surface area contributed by atoms with Crippen molar-refractivity contribution in [2.24, 2.45) is 12.8 Å². The predicted molar refractivity (Wildman–Crippen MR) is 495 cm³/mol. The third-order valence-electron chi connectivity index (χ3n) is 25.3. The Balaban J connectivity index is 0.000000105. The number of hydrogen-bond acceptors (Lipinski definition) is 29. The zero-order valence-corrected chi connectivity index (χ0v) is 74.1. The maximum absolute atomic E-state index is 11.8. The number of aryl methyl sites for hydroxylation is 1. The molecule has 0 fully saturated rings. The Morgan fingerprint density at radius 3 is 1.26 bits per heavy atom. The molecule has 6 unspecified atom stereocenters. The van der Waals surface area contributed by atoms with Gasteiger partial charge in [0.2, 0.25) is 5.91 Å². The molecule has 8 N–H and O–H groups in total. The molecule has 136 heavy (non-hydrogen) atoms. The van der Waals surface area contributed by atoms with Crippen molar-refractivity contribution >= 4 is 44.6 Å². The molecule has 0 saturated heterocycles. The topological polar surface area (TPSA) is 439 Å². The van der Waals surface area contributed by atoms with Crippen LogP contribution in [-0.4, -0.2) is 158 Å². The molecule has 9 aliphatic rings. The van der Waals surface area contributed by atoms with Gasteiger partial charge in [0, 0.05) is 208 Å². The van der Waals surface area contributed by atoms with E-state index < -0.39 is 42.5 Å². The van der Waals surface area contributed by atoms with E-state index in [-0.39, 0.29) is 31.2 Å². The van der Waals surface area contributed by atoms with Crippen molar-refractivity contribution in [1.82, 2.24) is 49.6 Å². The van der Waals surface area contributed by atoms with E-state index in [1.807, 2.05) is 91.2 Å². The van der Waals surface area contributed by atoms with Gasteiger partial charge in [0.05, 0.1) is 152 Å².